The monoisotopic (exact) mass is 312 g/mol. The molecule has 0 bridgehead atoms. The maximum Gasteiger partial charge on any atom is 0.224 e. The number of rotatable bonds is 5. The summed E-state index contributed by atoms with van der Waals surface area (Å²) >= 11 is 3.51. The zero-order valence-electron chi connectivity index (χ0n) is 11.1. The molecule has 0 unspecified atom stereocenters. The van der Waals surface area contributed by atoms with Gasteiger partial charge in [0.25, 0.3) is 0 Å². The summed E-state index contributed by atoms with van der Waals surface area (Å²) in [4.78, 5) is 8.80. The van der Waals surface area contributed by atoms with Crippen LogP contribution in [0.4, 0.5) is 11.8 Å². The topological polar surface area (TPSA) is 49.8 Å². The minimum Gasteiger partial charge on any atom is -0.364 e. The number of aromatic nitrogens is 2. The SMILES string of the molecule is CCCNc1ncc(Br)c(NC2(C)CCCC2)n1. The van der Waals surface area contributed by atoms with Crippen LogP contribution in [-0.2, 0) is 0 Å². The molecular formula is C13H21BrN4. The average molecular weight is 313 g/mol. The first-order valence-corrected chi connectivity index (χ1v) is 7.47. The van der Waals surface area contributed by atoms with Crippen molar-refractivity contribution >= 4 is 27.7 Å². The second-order valence-electron chi connectivity index (χ2n) is 5.21. The summed E-state index contributed by atoms with van der Waals surface area (Å²) < 4.78 is 0.928. The average Bonchev–Trinajstić information content (AvgIpc) is 2.77. The smallest absolute Gasteiger partial charge is 0.224 e. The standard InChI is InChI=1S/C13H21BrN4/c1-3-8-15-12-16-9-10(14)11(17-12)18-13(2)6-4-5-7-13/h9H,3-8H2,1-2H3,(H2,15,16,17,18). The van der Waals surface area contributed by atoms with Crippen LogP contribution in [0.25, 0.3) is 0 Å². The van der Waals surface area contributed by atoms with Crippen molar-refractivity contribution < 1.29 is 0 Å². The Morgan fingerprint density at radius 2 is 2.11 bits per heavy atom. The lowest BCUT2D eigenvalue weighted by Gasteiger charge is -2.26. The number of halogens is 1. The molecule has 0 spiro atoms. The van der Waals surface area contributed by atoms with Crippen LogP contribution < -0.4 is 10.6 Å². The van der Waals surface area contributed by atoms with Gasteiger partial charge >= 0.3 is 0 Å². The second kappa shape index (κ2) is 5.87. The van der Waals surface area contributed by atoms with Crippen LogP contribution in [0, 0.1) is 0 Å². The highest BCUT2D eigenvalue weighted by molar-refractivity contribution is 9.10. The zero-order valence-corrected chi connectivity index (χ0v) is 12.7. The predicted molar refractivity (Wildman–Crippen MR) is 79.0 cm³/mol. The number of hydrogen-bond donors (Lipinski definition) is 2. The molecule has 0 aliphatic heterocycles. The molecule has 5 heteroatoms. The summed E-state index contributed by atoms with van der Waals surface area (Å²) in [7, 11) is 0. The minimum absolute atomic E-state index is 0.179. The van der Waals surface area contributed by atoms with Crippen molar-refractivity contribution in [2.75, 3.05) is 17.2 Å². The van der Waals surface area contributed by atoms with Gasteiger partial charge in [-0.2, -0.15) is 4.98 Å². The normalized spacial score (nSPS) is 17.7. The third kappa shape index (κ3) is 3.34. The van der Waals surface area contributed by atoms with E-state index in [1.807, 2.05) is 6.20 Å². The van der Waals surface area contributed by atoms with E-state index < -0.39 is 0 Å². The Labute approximate surface area is 117 Å². The second-order valence-corrected chi connectivity index (χ2v) is 6.06. The number of anilines is 2. The maximum absolute atomic E-state index is 4.54. The van der Waals surface area contributed by atoms with Crippen molar-refractivity contribution in [3.63, 3.8) is 0 Å². The maximum atomic E-state index is 4.54. The van der Waals surface area contributed by atoms with E-state index >= 15 is 0 Å². The van der Waals surface area contributed by atoms with Gasteiger partial charge in [0, 0.05) is 18.3 Å². The Hall–Kier alpha value is -0.840. The first-order valence-electron chi connectivity index (χ1n) is 6.67. The molecule has 0 aromatic carbocycles. The number of hydrogen-bond acceptors (Lipinski definition) is 4. The van der Waals surface area contributed by atoms with Gasteiger partial charge in [-0.1, -0.05) is 19.8 Å². The lowest BCUT2D eigenvalue weighted by molar-refractivity contribution is 0.530. The zero-order chi connectivity index (χ0) is 13.0. The summed E-state index contributed by atoms with van der Waals surface area (Å²) in [5, 5.41) is 6.78. The number of nitrogens with one attached hydrogen (secondary N) is 2. The molecule has 0 radical (unpaired) electrons. The van der Waals surface area contributed by atoms with Gasteiger partial charge in [-0.05, 0) is 42.1 Å². The van der Waals surface area contributed by atoms with Gasteiger partial charge in [0.1, 0.15) is 5.82 Å². The Kier molecular flexibility index (Phi) is 4.43. The summed E-state index contributed by atoms with van der Waals surface area (Å²) in [5.41, 5.74) is 0.179. The van der Waals surface area contributed by atoms with Crippen LogP contribution in [-0.4, -0.2) is 22.1 Å². The molecule has 1 aliphatic carbocycles. The van der Waals surface area contributed by atoms with E-state index in [9.17, 15) is 0 Å². The van der Waals surface area contributed by atoms with E-state index in [-0.39, 0.29) is 5.54 Å². The van der Waals surface area contributed by atoms with Gasteiger partial charge in [-0.3, -0.25) is 0 Å². The predicted octanol–water partition coefficient (Wildman–Crippen LogP) is 3.81. The van der Waals surface area contributed by atoms with Crippen LogP contribution in [0.3, 0.4) is 0 Å². The van der Waals surface area contributed by atoms with Crippen molar-refractivity contribution in [1.82, 2.24) is 9.97 Å². The van der Waals surface area contributed by atoms with Crippen LogP contribution >= 0.6 is 15.9 Å². The lowest BCUT2D eigenvalue weighted by Crippen LogP contribution is -2.31. The third-order valence-corrected chi connectivity index (χ3v) is 3.98. The van der Waals surface area contributed by atoms with Gasteiger partial charge in [0.2, 0.25) is 5.95 Å². The molecule has 1 fully saturated rings. The van der Waals surface area contributed by atoms with Crippen molar-refractivity contribution in [2.45, 2.75) is 51.5 Å². The van der Waals surface area contributed by atoms with Crippen LogP contribution in [0.5, 0.6) is 0 Å². The summed E-state index contributed by atoms with van der Waals surface area (Å²) in [6.07, 6.45) is 7.90. The Bertz CT molecular complexity index is 402. The molecule has 1 saturated carbocycles. The quantitative estimate of drug-likeness (QED) is 0.868. The highest BCUT2D eigenvalue weighted by Crippen LogP contribution is 2.34. The summed E-state index contributed by atoms with van der Waals surface area (Å²) in [6, 6.07) is 0. The number of nitrogens with zero attached hydrogens (tertiary/aromatic N) is 2. The van der Waals surface area contributed by atoms with Gasteiger partial charge < -0.3 is 10.6 Å². The first kappa shape index (κ1) is 13.6. The van der Waals surface area contributed by atoms with Crippen molar-refractivity contribution in [1.29, 1.82) is 0 Å². The van der Waals surface area contributed by atoms with Crippen LogP contribution in [0.2, 0.25) is 0 Å². The molecular weight excluding hydrogens is 292 g/mol. The molecule has 18 heavy (non-hydrogen) atoms. The fraction of sp³-hybridized carbons (Fsp3) is 0.692. The fourth-order valence-corrected chi connectivity index (χ4v) is 2.63. The lowest BCUT2D eigenvalue weighted by atomic mass is 10.0. The van der Waals surface area contributed by atoms with Gasteiger partial charge in [-0.25, -0.2) is 4.98 Å². The third-order valence-electron chi connectivity index (χ3n) is 3.40. The molecule has 1 aromatic heterocycles. The van der Waals surface area contributed by atoms with E-state index in [2.05, 4.69) is 50.4 Å². The van der Waals surface area contributed by atoms with E-state index in [1.54, 1.807) is 0 Å². The fourth-order valence-electron chi connectivity index (χ4n) is 2.34. The summed E-state index contributed by atoms with van der Waals surface area (Å²) in [6.45, 7) is 5.30. The van der Waals surface area contributed by atoms with Crippen molar-refractivity contribution in [3.8, 4) is 0 Å². The molecule has 1 aliphatic rings. The molecule has 0 amide bonds. The summed E-state index contributed by atoms with van der Waals surface area (Å²) in [5.74, 6) is 1.59. The Morgan fingerprint density at radius 3 is 2.78 bits per heavy atom. The first-order chi connectivity index (χ1) is 8.63. The Balaban J connectivity index is 2.10. The van der Waals surface area contributed by atoms with Gasteiger partial charge in [0.05, 0.1) is 4.47 Å². The molecule has 0 atom stereocenters. The molecule has 4 nitrogen and oxygen atoms in total. The largest absolute Gasteiger partial charge is 0.364 e. The molecule has 0 saturated heterocycles. The molecule has 100 valence electrons. The van der Waals surface area contributed by atoms with Gasteiger partial charge in [-0.15, -0.1) is 0 Å². The minimum atomic E-state index is 0.179. The van der Waals surface area contributed by atoms with Crippen LogP contribution in [0.15, 0.2) is 10.7 Å². The Morgan fingerprint density at radius 1 is 1.39 bits per heavy atom. The van der Waals surface area contributed by atoms with E-state index in [1.165, 1.54) is 25.7 Å². The highest BCUT2D eigenvalue weighted by Gasteiger charge is 2.29. The molecule has 1 heterocycles. The van der Waals surface area contributed by atoms with Gasteiger partial charge in [0.15, 0.2) is 0 Å². The molecule has 1 aromatic rings. The van der Waals surface area contributed by atoms with Crippen molar-refractivity contribution in [3.05, 3.63) is 10.7 Å². The van der Waals surface area contributed by atoms with E-state index in [0.29, 0.717) is 5.95 Å². The van der Waals surface area contributed by atoms with E-state index in [0.717, 1.165) is 23.3 Å². The van der Waals surface area contributed by atoms with Crippen LogP contribution in [0.1, 0.15) is 46.0 Å². The molecule has 2 rings (SSSR count). The highest BCUT2D eigenvalue weighted by atomic mass is 79.9. The van der Waals surface area contributed by atoms with E-state index in [4.69, 9.17) is 0 Å². The van der Waals surface area contributed by atoms with Crippen molar-refractivity contribution in [2.24, 2.45) is 0 Å². The molecule has 2 N–H and O–H groups in total.